The topological polar surface area (TPSA) is 47.6 Å². The van der Waals surface area contributed by atoms with Crippen molar-refractivity contribution in [2.24, 2.45) is 0 Å². The molecule has 22 heavy (non-hydrogen) atoms. The van der Waals surface area contributed by atoms with Crippen LogP contribution in [0, 0.1) is 6.92 Å². The van der Waals surface area contributed by atoms with Gasteiger partial charge in [0.2, 0.25) is 0 Å². The summed E-state index contributed by atoms with van der Waals surface area (Å²) in [7, 11) is 3.22. The van der Waals surface area contributed by atoms with Crippen LogP contribution in [0.25, 0.3) is 0 Å². The molecule has 1 N–H and O–H groups in total. The van der Waals surface area contributed by atoms with Crippen LogP contribution in [0.5, 0.6) is 5.75 Å². The van der Waals surface area contributed by atoms with Gasteiger partial charge in [0.15, 0.2) is 0 Å². The summed E-state index contributed by atoms with van der Waals surface area (Å²) in [6.07, 6.45) is -0.146. The van der Waals surface area contributed by atoms with Crippen LogP contribution in [-0.2, 0) is 4.74 Å². The molecule has 118 valence electrons. The molecule has 0 bridgehead atoms. The first-order chi connectivity index (χ1) is 10.5. The fourth-order valence-corrected chi connectivity index (χ4v) is 3.39. The van der Waals surface area contributed by atoms with Crippen molar-refractivity contribution in [1.29, 1.82) is 0 Å². The van der Waals surface area contributed by atoms with Crippen LogP contribution in [0.3, 0.4) is 0 Å². The van der Waals surface area contributed by atoms with Gasteiger partial charge in [-0.2, -0.15) is 0 Å². The Labute approximate surface area is 142 Å². The number of nitrogens with one attached hydrogen (secondary N) is 1. The predicted octanol–water partition coefficient (Wildman–Crippen LogP) is 3.95. The SMILES string of the molecule is COc1ccc(Br)c(C(=O)NC[C@@H](OC)c2ccc(C)s2)c1. The summed E-state index contributed by atoms with van der Waals surface area (Å²) in [5.41, 5.74) is 0.538. The molecule has 1 heterocycles. The van der Waals surface area contributed by atoms with E-state index in [-0.39, 0.29) is 12.0 Å². The lowest BCUT2D eigenvalue weighted by Gasteiger charge is -2.15. The maximum Gasteiger partial charge on any atom is 0.252 e. The quantitative estimate of drug-likeness (QED) is 0.821. The smallest absolute Gasteiger partial charge is 0.252 e. The molecular weight excluding hydrogens is 366 g/mol. The highest BCUT2D eigenvalue weighted by atomic mass is 79.9. The maximum atomic E-state index is 12.3. The number of rotatable bonds is 6. The van der Waals surface area contributed by atoms with Gasteiger partial charge >= 0.3 is 0 Å². The van der Waals surface area contributed by atoms with Crippen molar-refractivity contribution in [3.05, 3.63) is 50.1 Å². The van der Waals surface area contributed by atoms with Crippen molar-refractivity contribution in [2.75, 3.05) is 20.8 Å². The molecule has 1 amide bonds. The summed E-state index contributed by atoms with van der Waals surface area (Å²) in [6, 6.07) is 9.38. The molecular formula is C16H18BrNO3S. The van der Waals surface area contributed by atoms with Crippen molar-refractivity contribution in [1.82, 2.24) is 5.32 Å². The molecule has 0 fully saturated rings. The number of ether oxygens (including phenoxy) is 2. The van der Waals surface area contributed by atoms with Crippen LogP contribution in [-0.4, -0.2) is 26.7 Å². The van der Waals surface area contributed by atoms with Crippen molar-refractivity contribution in [2.45, 2.75) is 13.0 Å². The minimum Gasteiger partial charge on any atom is -0.497 e. The molecule has 0 unspecified atom stereocenters. The Balaban J connectivity index is 2.05. The van der Waals surface area contributed by atoms with Crippen LogP contribution in [0.4, 0.5) is 0 Å². The maximum absolute atomic E-state index is 12.3. The Morgan fingerprint density at radius 1 is 1.32 bits per heavy atom. The fourth-order valence-electron chi connectivity index (χ4n) is 2.01. The first-order valence-corrected chi connectivity index (χ1v) is 8.37. The average Bonchev–Trinajstić information content (AvgIpc) is 2.94. The lowest BCUT2D eigenvalue weighted by atomic mass is 10.2. The molecule has 0 aliphatic heterocycles. The number of hydrogen-bond donors (Lipinski definition) is 1. The number of methoxy groups -OCH3 is 2. The van der Waals surface area contributed by atoms with E-state index in [0.717, 1.165) is 9.35 Å². The Morgan fingerprint density at radius 2 is 2.09 bits per heavy atom. The molecule has 0 aliphatic rings. The number of carbonyl (C=O) groups is 1. The third-order valence-electron chi connectivity index (χ3n) is 3.23. The van der Waals surface area contributed by atoms with E-state index in [0.29, 0.717) is 17.9 Å². The molecule has 0 aliphatic carbocycles. The second kappa shape index (κ2) is 7.76. The van der Waals surface area contributed by atoms with E-state index < -0.39 is 0 Å². The van der Waals surface area contributed by atoms with Crippen LogP contribution >= 0.6 is 27.3 Å². The lowest BCUT2D eigenvalue weighted by Crippen LogP contribution is -2.29. The monoisotopic (exact) mass is 383 g/mol. The number of thiophene rings is 1. The largest absolute Gasteiger partial charge is 0.497 e. The third kappa shape index (κ3) is 4.09. The highest BCUT2D eigenvalue weighted by Crippen LogP contribution is 2.25. The van der Waals surface area contributed by atoms with E-state index in [1.54, 1.807) is 43.8 Å². The van der Waals surface area contributed by atoms with E-state index >= 15 is 0 Å². The van der Waals surface area contributed by atoms with Gasteiger partial charge in [0.05, 0.1) is 12.7 Å². The van der Waals surface area contributed by atoms with E-state index in [1.807, 2.05) is 19.1 Å². The molecule has 2 rings (SSSR count). The summed E-state index contributed by atoms with van der Waals surface area (Å²) in [6.45, 7) is 2.46. The lowest BCUT2D eigenvalue weighted by molar-refractivity contribution is 0.0837. The molecule has 0 radical (unpaired) electrons. The van der Waals surface area contributed by atoms with Crippen molar-refractivity contribution >= 4 is 33.2 Å². The summed E-state index contributed by atoms with van der Waals surface area (Å²) in [4.78, 5) is 14.7. The molecule has 2 aromatic rings. The van der Waals surface area contributed by atoms with Crippen LogP contribution in [0.15, 0.2) is 34.8 Å². The molecule has 1 aromatic heterocycles. The minimum absolute atomic E-state index is 0.146. The Hall–Kier alpha value is -1.37. The van der Waals surface area contributed by atoms with Crippen molar-refractivity contribution < 1.29 is 14.3 Å². The minimum atomic E-state index is -0.166. The molecule has 0 saturated heterocycles. The standard InChI is InChI=1S/C16H18BrNO3S/c1-10-4-7-15(22-10)14(21-3)9-18-16(19)12-8-11(20-2)5-6-13(12)17/h4-8,14H,9H2,1-3H3,(H,18,19)/t14-/m1/s1. The van der Waals surface area contributed by atoms with Gasteiger partial charge in [-0.15, -0.1) is 11.3 Å². The van der Waals surface area contributed by atoms with E-state index in [1.165, 1.54) is 4.88 Å². The molecule has 1 aromatic carbocycles. The number of benzene rings is 1. The van der Waals surface area contributed by atoms with E-state index in [2.05, 4.69) is 21.2 Å². The zero-order valence-corrected chi connectivity index (χ0v) is 15.1. The summed E-state index contributed by atoms with van der Waals surface area (Å²) < 4.78 is 11.4. The van der Waals surface area contributed by atoms with Gasteiger partial charge in [0.25, 0.3) is 5.91 Å². The normalized spacial score (nSPS) is 12.0. The van der Waals surface area contributed by atoms with E-state index in [9.17, 15) is 4.79 Å². The molecule has 6 heteroatoms. The average molecular weight is 384 g/mol. The van der Waals surface area contributed by atoms with Crippen LogP contribution in [0.2, 0.25) is 0 Å². The van der Waals surface area contributed by atoms with Gasteiger partial charge in [0.1, 0.15) is 11.9 Å². The number of amides is 1. The highest BCUT2D eigenvalue weighted by molar-refractivity contribution is 9.10. The first-order valence-electron chi connectivity index (χ1n) is 6.76. The summed E-state index contributed by atoms with van der Waals surface area (Å²) in [5.74, 6) is 0.478. The van der Waals surface area contributed by atoms with Gasteiger partial charge in [-0.25, -0.2) is 0 Å². The third-order valence-corrected chi connectivity index (χ3v) is 5.01. The number of carbonyl (C=O) groups excluding carboxylic acids is 1. The van der Waals surface area contributed by atoms with Crippen molar-refractivity contribution in [3.8, 4) is 5.75 Å². The highest BCUT2D eigenvalue weighted by Gasteiger charge is 2.16. The molecule has 0 spiro atoms. The van der Waals surface area contributed by atoms with Crippen LogP contribution < -0.4 is 10.1 Å². The number of halogens is 1. The number of aryl methyl sites for hydroxylation is 1. The van der Waals surface area contributed by atoms with Gasteiger partial charge in [-0.3, -0.25) is 4.79 Å². The van der Waals surface area contributed by atoms with E-state index in [4.69, 9.17) is 9.47 Å². The first kappa shape index (κ1) is 17.0. The zero-order valence-electron chi connectivity index (χ0n) is 12.7. The Kier molecular flexibility index (Phi) is 5.99. The Morgan fingerprint density at radius 3 is 2.68 bits per heavy atom. The predicted molar refractivity (Wildman–Crippen MR) is 91.8 cm³/mol. The van der Waals surface area contributed by atoms with Crippen molar-refractivity contribution in [3.63, 3.8) is 0 Å². The summed E-state index contributed by atoms with van der Waals surface area (Å²) in [5, 5.41) is 2.91. The fraction of sp³-hybridized carbons (Fsp3) is 0.312. The van der Waals surface area contributed by atoms with Gasteiger partial charge in [-0.1, -0.05) is 0 Å². The van der Waals surface area contributed by atoms with Gasteiger partial charge in [0, 0.05) is 27.9 Å². The molecule has 1 atom stereocenters. The zero-order chi connectivity index (χ0) is 16.1. The van der Waals surface area contributed by atoms with Crippen LogP contribution in [0.1, 0.15) is 26.2 Å². The number of hydrogen-bond acceptors (Lipinski definition) is 4. The van der Waals surface area contributed by atoms with Gasteiger partial charge in [-0.05, 0) is 53.2 Å². The second-order valence-corrected chi connectivity index (χ2v) is 6.90. The Bertz CT molecular complexity index is 657. The van der Waals surface area contributed by atoms with Gasteiger partial charge < -0.3 is 14.8 Å². The summed E-state index contributed by atoms with van der Waals surface area (Å²) >= 11 is 5.06. The molecule has 0 saturated carbocycles. The molecule has 4 nitrogen and oxygen atoms in total. The second-order valence-electron chi connectivity index (χ2n) is 4.73.